The molecule has 86 valence electrons. The topological polar surface area (TPSA) is 9.23 Å². The molecule has 1 nitrogen and oxygen atoms in total. The molecule has 0 bridgehead atoms. The van der Waals surface area contributed by atoms with E-state index >= 15 is 0 Å². The first-order valence-electron chi connectivity index (χ1n) is 6.15. The van der Waals surface area contributed by atoms with Gasteiger partial charge in [-0.05, 0) is 38.7 Å². The zero-order valence-corrected chi connectivity index (χ0v) is 9.89. The number of benzene rings is 3. The van der Waals surface area contributed by atoms with Crippen molar-refractivity contribution in [3.8, 4) is 0 Å². The summed E-state index contributed by atoms with van der Waals surface area (Å²) in [4.78, 5) is 0. The smallest absolute Gasteiger partial charge is 0.113 e. The maximum Gasteiger partial charge on any atom is 0.113 e. The van der Waals surface area contributed by atoms with Crippen molar-refractivity contribution in [3.05, 3.63) is 65.9 Å². The zero-order chi connectivity index (χ0) is 11.9. The first kappa shape index (κ1) is 9.72. The summed E-state index contributed by atoms with van der Waals surface area (Å²) in [5.41, 5.74) is 2.56. The molecular formula is C17H12O. The molecule has 0 N–H and O–H groups in total. The molecule has 1 aliphatic heterocycles. The number of hydrogen-bond acceptors (Lipinski definition) is 1. The lowest BCUT2D eigenvalue weighted by Gasteiger charge is -2.15. The molecule has 3 aromatic carbocycles. The van der Waals surface area contributed by atoms with Crippen LogP contribution < -0.4 is 0 Å². The Morgan fingerprint density at radius 2 is 1.67 bits per heavy atom. The minimum Gasteiger partial charge on any atom is -0.496 e. The van der Waals surface area contributed by atoms with Gasteiger partial charge in [0.15, 0.2) is 0 Å². The Morgan fingerprint density at radius 1 is 0.778 bits per heavy atom. The van der Waals surface area contributed by atoms with Crippen LogP contribution in [-0.2, 0) is 11.3 Å². The Kier molecular flexibility index (Phi) is 1.95. The van der Waals surface area contributed by atoms with Crippen molar-refractivity contribution >= 4 is 27.6 Å². The van der Waals surface area contributed by atoms with Crippen molar-refractivity contribution in [2.75, 3.05) is 0 Å². The second kappa shape index (κ2) is 3.61. The molecule has 0 aromatic heterocycles. The molecule has 18 heavy (non-hydrogen) atoms. The summed E-state index contributed by atoms with van der Waals surface area (Å²) in [7, 11) is 0. The van der Waals surface area contributed by atoms with E-state index in [0.717, 1.165) is 0 Å². The fourth-order valence-electron chi connectivity index (χ4n) is 2.73. The van der Waals surface area contributed by atoms with Gasteiger partial charge in [0.25, 0.3) is 0 Å². The van der Waals surface area contributed by atoms with E-state index in [0.29, 0.717) is 6.61 Å². The number of fused-ring (bicyclic) bond motifs is 5. The van der Waals surface area contributed by atoms with Crippen LogP contribution in [0.4, 0.5) is 0 Å². The zero-order valence-electron chi connectivity index (χ0n) is 9.89. The molecule has 0 radical (unpaired) electrons. The van der Waals surface area contributed by atoms with Crippen LogP contribution >= 0.6 is 0 Å². The summed E-state index contributed by atoms with van der Waals surface area (Å²) < 4.78 is 5.35. The van der Waals surface area contributed by atoms with Crippen LogP contribution in [0.5, 0.6) is 0 Å². The normalized spacial score (nSPS) is 13.6. The molecule has 1 aliphatic rings. The second-order valence-corrected chi connectivity index (χ2v) is 4.63. The van der Waals surface area contributed by atoms with Gasteiger partial charge in [-0.25, -0.2) is 0 Å². The van der Waals surface area contributed by atoms with Crippen molar-refractivity contribution in [3.63, 3.8) is 0 Å². The quantitative estimate of drug-likeness (QED) is 0.519. The fourth-order valence-corrected chi connectivity index (χ4v) is 2.73. The number of ether oxygens (including phenoxy) is 1. The van der Waals surface area contributed by atoms with Gasteiger partial charge < -0.3 is 4.74 Å². The molecule has 1 heterocycles. The van der Waals surface area contributed by atoms with Gasteiger partial charge in [0, 0.05) is 0 Å². The van der Waals surface area contributed by atoms with Crippen molar-refractivity contribution in [1.82, 2.24) is 0 Å². The molecule has 0 unspecified atom stereocenters. The average Bonchev–Trinajstić information content (AvgIpc) is 2.46. The Morgan fingerprint density at radius 3 is 2.67 bits per heavy atom. The summed E-state index contributed by atoms with van der Waals surface area (Å²) in [6, 6.07) is 17.3. The van der Waals surface area contributed by atoms with Crippen LogP contribution in [0.1, 0.15) is 11.1 Å². The van der Waals surface area contributed by atoms with E-state index in [9.17, 15) is 0 Å². The van der Waals surface area contributed by atoms with Crippen LogP contribution in [0.25, 0.3) is 27.6 Å². The maximum absolute atomic E-state index is 5.35. The van der Waals surface area contributed by atoms with E-state index in [4.69, 9.17) is 4.74 Å². The van der Waals surface area contributed by atoms with Crippen LogP contribution in [0.3, 0.4) is 0 Å². The van der Waals surface area contributed by atoms with Crippen molar-refractivity contribution in [2.24, 2.45) is 0 Å². The minimum absolute atomic E-state index is 0.675. The van der Waals surface area contributed by atoms with Crippen molar-refractivity contribution in [1.29, 1.82) is 0 Å². The van der Waals surface area contributed by atoms with E-state index in [1.165, 1.54) is 32.7 Å². The highest BCUT2D eigenvalue weighted by molar-refractivity contribution is 6.10. The van der Waals surface area contributed by atoms with Crippen LogP contribution in [0.2, 0.25) is 0 Å². The molecule has 0 atom stereocenters. The highest BCUT2D eigenvalue weighted by atomic mass is 16.5. The molecule has 4 rings (SSSR count). The Labute approximate surface area is 105 Å². The third-order valence-electron chi connectivity index (χ3n) is 3.63. The van der Waals surface area contributed by atoms with E-state index in [1.807, 2.05) is 0 Å². The summed E-state index contributed by atoms with van der Waals surface area (Å²) in [6.07, 6.45) is 3.85. The van der Waals surface area contributed by atoms with Crippen LogP contribution in [0.15, 0.2) is 54.8 Å². The third kappa shape index (κ3) is 1.28. The molecule has 0 amide bonds. The van der Waals surface area contributed by atoms with E-state index < -0.39 is 0 Å². The van der Waals surface area contributed by atoms with Gasteiger partial charge in [0.1, 0.15) is 6.61 Å². The van der Waals surface area contributed by atoms with E-state index in [1.54, 1.807) is 6.26 Å². The molecule has 0 fully saturated rings. The number of rotatable bonds is 0. The predicted molar refractivity (Wildman–Crippen MR) is 75.3 cm³/mol. The van der Waals surface area contributed by atoms with E-state index in [-0.39, 0.29) is 0 Å². The minimum atomic E-state index is 0.675. The van der Waals surface area contributed by atoms with Crippen LogP contribution in [-0.4, -0.2) is 0 Å². The molecule has 3 aromatic rings. The summed E-state index contributed by atoms with van der Waals surface area (Å²) >= 11 is 0. The summed E-state index contributed by atoms with van der Waals surface area (Å²) in [6.45, 7) is 0.675. The highest BCUT2D eigenvalue weighted by Crippen LogP contribution is 2.31. The first-order chi connectivity index (χ1) is 8.93. The Balaban J connectivity index is 2.20. The van der Waals surface area contributed by atoms with Gasteiger partial charge >= 0.3 is 0 Å². The maximum atomic E-state index is 5.35. The fraction of sp³-hybridized carbons (Fsp3) is 0.0588. The van der Waals surface area contributed by atoms with Gasteiger partial charge in [-0.15, -0.1) is 0 Å². The van der Waals surface area contributed by atoms with Gasteiger partial charge in [-0.3, -0.25) is 0 Å². The molecule has 0 aliphatic carbocycles. The van der Waals surface area contributed by atoms with E-state index in [2.05, 4.69) is 54.6 Å². The Hall–Kier alpha value is -2.28. The molecule has 0 saturated heterocycles. The summed E-state index contributed by atoms with van der Waals surface area (Å²) in [5.74, 6) is 0. The molecular weight excluding hydrogens is 220 g/mol. The highest BCUT2D eigenvalue weighted by Gasteiger charge is 2.10. The average molecular weight is 232 g/mol. The number of hydrogen-bond donors (Lipinski definition) is 0. The van der Waals surface area contributed by atoms with Crippen molar-refractivity contribution in [2.45, 2.75) is 6.61 Å². The molecule has 0 spiro atoms. The van der Waals surface area contributed by atoms with Gasteiger partial charge in [-0.2, -0.15) is 0 Å². The monoisotopic (exact) mass is 232 g/mol. The van der Waals surface area contributed by atoms with Gasteiger partial charge in [-0.1, -0.05) is 48.5 Å². The predicted octanol–water partition coefficient (Wildman–Crippen LogP) is 4.49. The lowest BCUT2D eigenvalue weighted by Crippen LogP contribution is -1.97. The third-order valence-corrected chi connectivity index (χ3v) is 3.63. The lowest BCUT2D eigenvalue weighted by molar-refractivity contribution is 0.235. The van der Waals surface area contributed by atoms with Crippen LogP contribution in [0, 0.1) is 0 Å². The van der Waals surface area contributed by atoms with Gasteiger partial charge in [0.2, 0.25) is 0 Å². The molecule has 1 heteroatoms. The lowest BCUT2D eigenvalue weighted by atomic mass is 9.94. The largest absolute Gasteiger partial charge is 0.496 e. The Bertz CT molecular complexity index is 784. The molecule has 0 saturated carbocycles. The summed E-state index contributed by atoms with van der Waals surface area (Å²) in [5, 5.41) is 5.24. The van der Waals surface area contributed by atoms with Gasteiger partial charge in [0.05, 0.1) is 6.26 Å². The standard InChI is InChI=1S/C17H12O/c1-2-4-14-12(3-1)5-7-17-15-9-10-18-11-13(15)6-8-16(14)17/h1-10H,11H2. The second-order valence-electron chi connectivity index (χ2n) is 4.63. The van der Waals surface area contributed by atoms with Crippen molar-refractivity contribution < 1.29 is 4.74 Å². The first-order valence-corrected chi connectivity index (χ1v) is 6.15. The SMILES string of the molecule is C1=Cc2c(ccc3c2ccc2ccccc23)CO1.